The molecule has 0 amide bonds. The second-order valence-corrected chi connectivity index (χ2v) is 9.69. The first-order valence-corrected chi connectivity index (χ1v) is 12.2. The molecule has 1 atom stereocenters. The van der Waals surface area contributed by atoms with Crippen LogP contribution in [0.2, 0.25) is 0 Å². The van der Waals surface area contributed by atoms with Crippen LogP contribution in [0.5, 0.6) is 0 Å². The molecular weight excluding hydrogens is 368 g/mol. The molecular formula is C20H38O6S. The highest BCUT2D eigenvalue weighted by atomic mass is 32.2. The number of hydrogen-bond donors (Lipinski definition) is 2. The molecule has 0 bridgehead atoms. The Kier molecular flexibility index (Phi) is 15.2. The van der Waals surface area contributed by atoms with Gasteiger partial charge in [0.05, 0.1) is 12.2 Å². The predicted octanol–water partition coefficient (Wildman–Crippen LogP) is 4.81. The third-order valence-corrected chi connectivity index (χ3v) is 6.94. The van der Waals surface area contributed by atoms with E-state index in [0.717, 1.165) is 25.7 Å². The summed E-state index contributed by atoms with van der Waals surface area (Å²) in [5.74, 6) is -3.25. The summed E-state index contributed by atoms with van der Waals surface area (Å²) >= 11 is 0. The van der Waals surface area contributed by atoms with E-state index in [0.29, 0.717) is 6.42 Å². The van der Waals surface area contributed by atoms with Crippen LogP contribution in [-0.2, 0) is 19.4 Å². The molecule has 0 spiro atoms. The first-order chi connectivity index (χ1) is 12.8. The van der Waals surface area contributed by atoms with Gasteiger partial charge in [0, 0.05) is 0 Å². The lowest BCUT2D eigenvalue weighted by Gasteiger charge is -2.11. The Hall–Kier alpha value is -1.11. The zero-order valence-electron chi connectivity index (χ0n) is 16.8. The summed E-state index contributed by atoms with van der Waals surface area (Å²) in [5.41, 5.74) is 0. The Balaban J connectivity index is 3.65. The average Bonchev–Trinajstić information content (AvgIpc) is 2.59. The van der Waals surface area contributed by atoms with Gasteiger partial charge in [0.1, 0.15) is 0 Å². The van der Waals surface area contributed by atoms with Gasteiger partial charge in [0.25, 0.3) is 0 Å². The molecule has 1 unspecified atom stereocenters. The Bertz CT molecular complexity index is 501. The molecule has 0 saturated carbocycles. The number of unbranched alkanes of at least 4 members (excludes halogenated alkanes) is 13. The van der Waals surface area contributed by atoms with Crippen molar-refractivity contribution >= 4 is 21.8 Å². The van der Waals surface area contributed by atoms with Gasteiger partial charge in [-0.25, -0.2) is 8.42 Å². The van der Waals surface area contributed by atoms with E-state index in [1.165, 1.54) is 57.8 Å². The largest absolute Gasteiger partial charge is 0.481 e. The van der Waals surface area contributed by atoms with Crippen molar-refractivity contribution in [2.75, 3.05) is 5.75 Å². The second-order valence-electron chi connectivity index (χ2n) is 7.39. The third kappa shape index (κ3) is 14.6. The van der Waals surface area contributed by atoms with Crippen LogP contribution in [-0.4, -0.2) is 41.6 Å². The van der Waals surface area contributed by atoms with Crippen molar-refractivity contribution in [1.29, 1.82) is 0 Å². The van der Waals surface area contributed by atoms with E-state index in [2.05, 4.69) is 6.92 Å². The maximum atomic E-state index is 12.0. The van der Waals surface area contributed by atoms with E-state index >= 15 is 0 Å². The summed E-state index contributed by atoms with van der Waals surface area (Å²) in [5, 5.41) is 15.8. The quantitative estimate of drug-likeness (QED) is 0.298. The highest BCUT2D eigenvalue weighted by molar-refractivity contribution is 7.92. The first kappa shape index (κ1) is 25.9. The van der Waals surface area contributed by atoms with Crippen LogP contribution in [0.25, 0.3) is 0 Å². The minimum atomic E-state index is -3.91. The van der Waals surface area contributed by atoms with Gasteiger partial charge in [-0.1, -0.05) is 90.4 Å². The summed E-state index contributed by atoms with van der Waals surface area (Å²) in [4.78, 5) is 21.6. The van der Waals surface area contributed by atoms with Gasteiger partial charge in [-0.15, -0.1) is 0 Å². The normalized spacial score (nSPS) is 12.8. The van der Waals surface area contributed by atoms with Crippen molar-refractivity contribution in [3.05, 3.63) is 0 Å². The van der Waals surface area contributed by atoms with Crippen molar-refractivity contribution in [3.63, 3.8) is 0 Å². The summed E-state index contributed by atoms with van der Waals surface area (Å²) < 4.78 is 24.0. The topological polar surface area (TPSA) is 109 Å². The number of carbonyl (C=O) groups is 2. The van der Waals surface area contributed by atoms with Crippen molar-refractivity contribution in [1.82, 2.24) is 0 Å². The fraction of sp³-hybridized carbons (Fsp3) is 0.900. The lowest BCUT2D eigenvalue weighted by Crippen LogP contribution is -2.34. The molecule has 0 aromatic rings. The number of carboxylic acid groups (broad SMARTS) is 2. The van der Waals surface area contributed by atoms with E-state index in [4.69, 9.17) is 10.2 Å². The maximum Gasteiger partial charge on any atom is 0.322 e. The van der Waals surface area contributed by atoms with Crippen LogP contribution in [0.3, 0.4) is 0 Å². The number of hydrogen-bond acceptors (Lipinski definition) is 4. The first-order valence-electron chi connectivity index (χ1n) is 10.5. The molecule has 0 saturated heterocycles. The number of rotatable bonds is 19. The molecule has 6 nitrogen and oxygen atoms in total. The lowest BCUT2D eigenvalue weighted by atomic mass is 10.0. The van der Waals surface area contributed by atoms with Crippen molar-refractivity contribution < 1.29 is 28.2 Å². The molecule has 0 rings (SSSR count). The van der Waals surface area contributed by atoms with Crippen LogP contribution in [0, 0.1) is 0 Å². The lowest BCUT2D eigenvalue weighted by molar-refractivity contribution is -0.143. The molecule has 0 aliphatic heterocycles. The summed E-state index contributed by atoms with van der Waals surface area (Å²) in [6.07, 6.45) is 15.2. The van der Waals surface area contributed by atoms with Gasteiger partial charge in [0.2, 0.25) is 0 Å². The molecule has 0 aliphatic rings. The van der Waals surface area contributed by atoms with Gasteiger partial charge in [-0.05, 0) is 6.42 Å². The standard InChI is InChI=1S/C20H38O6S/c1-2-3-4-5-6-7-8-9-10-11-12-13-14-15-16-27(25,26)18(20(23)24)17-19(21)22/h18H,2-17H2,1H3,(H,21,22)(H,23,24). The monoisotopic (exact) mass is 406 g/mol. The predicted molar refractivity (Wildman–Crippen MR) is 108 cm³/mol. The van der Waals surface area contributed by atoms with E-state index < -0.39 is 33.4 Å². The number of sulfone groups is 1. The van der Waals surface area contributed by atoms with Crippen LogP contribution in [0.1, 0.15) is 103 Å². The molecule has 27 heavy (non-hydrogen) atoms. The molecule has 0 heterocycles. The van der Waals surface area contributed by atoms with Crippen molar-refractivity contribution in [3.8, 4) is 0 Å². The number of aliphatic carboxylic acids is 2. The van der Waals surface area contributed by atoms with Crippen LogP contribution >= 0.6 is 0 Å². The van der Waals surface area contributed by atoms with Crippen LogP contribution in [0.15, 0.2) is 0 Å². The van der Waals surface area contributed by atoms with Gasteiger partial charge < -0.3 is 10.2 Å². The molecule has 0 radical (unpaired) electrons. The van der Waals surface area contributed by atoms with E-state index in [1.807, 2.05) is 0 Å². The third-order valence-electron chi connectivity index (χ3n) is 4.85. The molecule has 7 heteroatoms. The summed E-state index contributed by atoms with van der Waals surface area (Å²) in [6.45, 7) is 2.23. The Morgan fingerprint density at radius 1 is 0.704 bits per heavy atom. The van der Waals surface area contributed by atoms with Gasteiger partial charge >= 0.3 is 11.9 Å². The number of carboxylic acids is 2. The molecule has 0 aliphatic carbocycles. The van der Waals surface area contributed by atoms with Crippen LogP contribution < -0.4 is 0 Å². The maximum absolute atomic E-state index is 12.0. The Labute approximate surface area is 164 Å². The zero-order chi connectivity index (χ0) is 20.5. The fourth-order valence-corrected chi connectivity index (χ4v) is 4.76. The summed E-state index contributed by atoms with van der Waals surface area (Å²) in [7, 11) is -3.91. The smallest absolute Gasteiger partial charge is 0.322 e. The molecule has 0 aromatic carbocycles. The van der Waals surface area contributed by atoms with Gasteiger partial charge in [0.15, 0.2) is 15.1 Å². The molecule has 0 aromatic heterocycles. The Morgan fingerprint density at radius 3 is 1.41 bits per heavy atom. The van der Waals surface area contributed by atoms with E-state index in [-0.39, 0.29) is 5.75 Å². The zero-order valence-corrected chi connectivity index (χ0v) is 17.6. The van der Waals surface area contributed by atoms with Gasteiger partial charge in [-0.3, -0.25) is 9.59 Å². The highest BCUT2D eigenvalue weighted by Gasteiger charge is 2.33. The SMILES string of the molecule is CCCCCCCCCCCCCCCCS(=O)(=O)C(CC(=O)O)C(=O)O. The van der Waals surface area contributed by atoms with Crippen LogP contribution in [0.4, 0.5) is 0 Å². The van der Waals surface area contributed by atoms with E-state index in [9.17, 15) is 18.0 Å². The fourth-order valence-electron chi connectivity index (χ4n) is 3.17. The Morgan fingerprint density at radius 2 is 1.07 bits per heavy atom. The van der Waals surface area contributed by atoms with Crippen molar-refractivity contribution in [2.24, 2.45) is 0 Å². The summed E-state index contributed by atoms with van der Waals surface area (Å²) in [6, 6.07) is 0. The molecule has 0 fully saturated rings. The molecule has 2 N–H and O–H groups in total. The second kappa shape index (κ2) is 15.9. The van der Waals surface area contributed by atoms with Gasteiger partial charge in [-0.2, -0.15) is 0 Å². The highest BCUT2D eigenvalue weighted by Crippen LogP contribution is 2.15. The average molecular weight is 407 g/mol. The van der Waals surface area contributed by atoms with Crippen molar-refractivity contribution in [2.45, 2.75) is 108 Å². The molecule has 160 valence electrons. The minimum absolute atomic E-state index is 0.255. The minimum Gasteiger partial charge on any atom is -0.481 e. The van der Waals surface area contributed by atoms with E-state index in [1.54, 1.807) is 0 Å².